The van der Waals surface area contributed by atoms with E-state index in [4.69, 9.17) is 16.3 Å². The highest BCUT2D eigenvalue weighted by Crippen LogP contribution is 2.45. The van der Waals surface area contributed by atoms with Crippen molar-refractivity contribution in [2.75, 3.05) is 11.5 Å². The van der Waals surface area contributed by atoms with Gasteiger partial charge in [0.15, 0.2) is 11.5 Å². The van der Waals surface area contributed by atoms with Crippen LogP contribution in [0.5, 0.6) is 11.5 Å². The lowest BCUT2D eigenvalue weighted by atomic mass is 9.94. The van der Waals surface area contributed by atoms with E-state index in [0.29, 0.717) is 34.0 Å². The summed E-state index contributed by atoms with van der Waals surface area (Å²) in [5, 5.41) is 22.0. The van der Waals surface area contributed by atoms with Crippen molar-refractivity contribution in [2.45, 2.75) is 26.8 Å². The standard InChI is InChI=1S/C27H23BrClNO5/c1-4-35-22-13-16(9-11-21(22)31)24-23(25(32)17-8-10-18(28)14(2)12-17)26(33)27(34)30(24)20-7-5-6-19(29)15(20)3/h5-13,24,31-32H,4H2,1-3H3/b25-23+. The summed E-state index contributed by atoms with van der Waals surface area (Å²) in [5.41, 5.74) is 2.74. The van der Waals surface area contributed by atoms with E-state index in [1.54, 1.807) is 62.4 Å². The Bertz CT molecular complexity index is 1380. The van der Waals surface area contributed by atoms with Crippen LogP contribution < -0.4 is 9.64 Å². The lowest BCUT2D eigenvalue weighted by Crippen LogP contribution is -2.30. The van der Waals surface area contributed by atoms with Crippen molar-refractivity contribution in [3.8, 4) is 11.5 Å². The molecule has 1 saturated heterocycles. The number of aliphatic hydroxyl groups excluding tert-OH is 1. The van der Waals surface area contributed by atoms with Gasteiger partial charge in [-0.25, -0.2) is 0 Å². The molecule has 1 amide bonds. The molecule has 2 N–H and O–H groups in total. The fraction of sp³-hybridized carbons (Fsp3) is 0.185. The molecule has 1 fully saturated rings. The van der Waals surface area contributed by atoms with Gasteiger partial charge in [-0.15, -0.1) is 0 Å². The Balaban J connectivity index is 2.00. The lowest BCUT2D eigenvalue weighted by molar-refractivity contribution is -0.132. The van der Waals surface area contributed by atoms with Crippen molar-refractivity contribution in [3.05, 3.63) is 91.9 Å². The summed E-state index contributed by atoms with van der Waals surface area (Å²) in [6, 6.07) is 13.9. The maximum absolute atomic E-state index is 13.4. The quantitative estimate of drug-likeness (QED) is 0.214. The third-order valence-corrected chi connectivity index (χ3v) is 7.27. The number of aromatic hydroxyl groups is 1. The molecule has 0 radical (unpaired) electrons. The smallest absolute Gasteiger partial charge is 0.300 e. The van der Waals surface area contributed by atoms with Crippen molar-refractivity contribution >= 4 is 50.7 Å². The number of hydrogen-bond acceptors (Lipinski definition) is 5. The second-order valence-electron chi connectivity index (χ2n) is 8.18. The Morgan fingerprint density at radius 3 is 2.54 bits per heavy atom. The number of halogens is 2. The molecule has 1 unspecified atom stereocenters. The van der Waals surface area contributed by atoms with Gasteiger partial charge in [0, 0.05) is 20.7 Å². The highest BCUT2D eigenvalue weighted by Gasteiger charge is 2.47. The van der Waals surface area contributed by atoms with Crippen LogP contribution in [0.4, 0.5) is 5.69 Å². The largest absolute Gasteiger partial charge is 0.507 e. The van der Waals surface area contributed by atoms with Crippen LogP contribution in [0.2, 0.25) is 5.02 Å². The van der Waals surface area contributed by atoms with Gasteiger partial charge >= 0.3 is 0 Å². The normalized spacial score (nSPS) is 17.2. The number of anilines is 1. The van der Waals surface area contributed by atoms with Crippen LogP contribution in [0.3, 0.4) is 0 Å². The van der Waals surface area contributed by atoms with Gasteiger partial charge in [0.25, 0.3) is 11.7 Å². The van der Waals surface area contributed by atoms with Gasteiger partial charge in [0.1, 0.15) is 5.76 Å². The predicted molar refractivity (Wildman–Crippen MR) is 139 cm³/mol. The molecule has 180 valence electrons. The summed E-state index contributed by atoms with van der Waals surface area (Å²) in [5.74, 6) is -1.77. The van der Waals surface area contributed by atoms with Gasteiger partial charge in [0.05, 0.1) is 18.2 Å². The second kappa shape index (κ2) is 9.76. The first-order valence-electron chi connectivity index (χ1n) is 10.9. The van der Waals surface area contributed by atoms with Gasteiger partial charge in [-0.3, -0.25) is 14.5 Å². The number of ether oxygens (including phenoxy) is 1. The maximum atomic E-state index is 13.4. The van der Waals surface area contributed by atoms with Crippen LogP contribution in [0.15, 0.2) is 64.6 Å². The van der Waals surface area contributed by atoms with Gasteiger partial charge in [-0.05, 0) is 73.9 Å². The summed E-state index contributed by atoms with van der Waals surface area (Å²) in [6.45, 7) is 5.71. The second-order valence-corrected chi connectivity index (χ2v) is 9.44. The van der Waals surface area contributed by atoms with E-state index in [2.05, 4.69) is 15.9 Å². The predicted octanol–water partition coefficient (Wildman–Crippen LogP) is 6.45. The van der Waals surface area contributed by atoms with E-state index in [-0.39, 0.29) is 22.8 Å². The number of aryl methyl sites for hydroxylation is 1. The first-order valence-corrected chi connectivity index (χ1v) is 12.1. The number of ketones is 1. The molecule has 3 aromatic carbocycles. The van der Waals surface area contributed by atoms with Gasteiger partial charge in [-0.1, -0.05) is 45.7 Å². The topological polar surface area (TPSA) is 87.1 Å². The Morgan fingerprint density at radius 2 is 1.86 bits per heavy atom. The van der Waals surface area contributed by atoms with Crippen molar-refractivity contribution in [2.24, 2.45) is 0 Å². The first-order chi connectivity index (χ1) is 16.6. The van der Waals surface area contributed by atoms with E-state index >= 15 is 0 Å². The number of rotatable bonds is 5. The number of phenols is 1. The zero-order valence-electron chi connectivity index (χ0n) is 19.3. The van der Waals surface area contributed by atoms with Gasteiger partial charge in [0.2, 0.25) is 0 Å². The third kappa shape index (κ3) is 4.42. The fourth-order valence-corrected chi connectivity index (χ4v) is 4.59. The summed E-state index contributed by atoms with van der Waals surface area (Å²) in [6.07, 6.45) is 0. The number of phenolic OH excluding ortho intramolecular Hbond substituents is 1. The summed E-state index contributed by atoms with van der Waals surface area (Å²) >= 11 is 9.78. The fourth-order valence-electron chi connectivity index (χ4n) is 4.17. The molecule has 8 heteroatoms. The average Bonchev–Trinajstić information content (AvgIpc) is 3.09. The van der Waals surface area contributed by atoms with E-state index < -0.39 is 17.7 Å². The number of carbonyl (C=O) groups is 2. The van der Waals surface area contributed by atoms with E-state index in [1.807, 2.05) is 6.92 Å². The molecule has 35 heavy (non-hydrogen) atoms. The van der Waals surface area contributed by atoms with Crippen LogP contribution in [-0.2, 0) is 9.59 Å². The molecule has 1 heterocycles. The summed E-state index contributed by atoms with van der Waals surface area (Å²) < 4.78 is 6.39. The summed E-state index contributed by atoms with van der Waals surface area (Å²) in [7, 11) is 0. The minimum atomic E-state index is -0.976. The molecular formula is C27H23BrClNO5. The number of benzene rings is 3. The monoisotopic (exact) mass is 555 g/mol. The third-order valence-electron chi connectivity index (χ3n) is 5.97. The Morgan fingerprint density at radius 1 is 1.11 bits per heavy atom. The molecule has 1 aliphatic heterocycles. The van der Waals surface area contributed by atoms with Gasteiger partial charge < -0.3 is 14.9 Å². The van der Waals surface area contributed by atoms with Crippen molar-refractivity contribution in [1.29, 1.82) is 0 Å². The molecule has 3 aromatic rings. The number of Topliss-reactive ketones (excluding diaryl/α,β-unsaturated/α-hetero) is 1. The highest BCUT2D eigenvalue weighted by atomic mass is 79.9. The molecule has 0 aliphatic carbocycles. The van der Waals surface area contributed by atoms with Crippen LogP contribution in [-0.4, -0.2) is 28.5 Å². The maximum Gasteiger partial charge on any atom is 0.300 e. The number of aliphatic hydroxyl groups is 1. The minimum absolute atomic E-state index is 0.0655. The van der Waals surface area contributed by atoms with Gasteiger partial charge in [-0.2, -0.15) is 0 Å². The van der Waals surface area contributed by atoms with Crippen LogP contribution in [0.1, 0.15) is 35.2 Å². The minimum Gasteiger partial charge on any atom is -0.507 e. The molecule has 6 nitrogen and oxygen atoms in total. The molecule has 0 saturated carbocycles. The number of carbonyl (C=O) groups excluding carboxylic acids is 2. The Hall–Kier alpha value is -3.29. The van der Waals surface area contributed by atoms with Crippen molar-refractivity contribution in [1.82, 2.24) is 0 Å². The highest BCUT2D eigenvalue weighted by molar-refractivity contribution is 9.10. The average molecular weight is 557 g/mol. The SMILES string of the molecule is CCOc1cc(C2/C(=C(\O)c3ccc(Br)c(C)c3)C(=O)C(=O)N2c2cccc(Cl)c2C)ccc1O. The van der Waals surface area contributed by atoms with Crippen LogP contribution in [0, 0.1) is 13.8 Å². The molecule has 1 aliphatic rings. The molecule has 0 bridgehead atoms. The number of nitrogens with zero attached hydrogens (tertiary/aromatic N) is 1. The van der Waals surface area contributed by atoms with Crippen LogP contribution in [0.25, 0.3) is 5.76 Å². The van der Waals surface area contributed by atoms with E-state index in [9.17, 15) is 19.8 Å². The Kier molecular flexibility index (Phi) is 6.92. The van der Waals surface area contributed by atoms with Crippen LogP contribution >= 0.6 is 27.5 Å². The lowest BCUT2D eigenvalue weighted by Gasteiger charge is -2.27. The van der Waals surface area contributed by atoms with E-state index in [1.165, 1.54) is 11.0 Å². The number of amides is 1. The van der Waals surface area contributed by atoms with E-state index in [0.717, 1.165) is 10.0 Å². The van der Waals surface area contributed by atoms with Crippen molar-refractivity contribution in [3.63, 3.8) is 0 Å². The molecule has 4 rings (SSSR count). The van der Waals surface area contributed by atoms with Crippen molar-refractivity contribution < 1.29 is 24.5 Å². The zero-order chi connectivity index (χ0) is 25.4. The number of hydrogen-bond donors (Lipinski definition) is 2. The zero-order valence-corrected chi connectivity index (χ0v) is 21.6. The molecule has 1 atom stereocenters. The molecular weight excluding hydrogens is 534 g/mol. The first kappa shape index (κ1) is 24.8. The molecule has 0 spiro atoms. The Labute approximate surface area is 216 Å². The molecule has 0 aromatic heterocycles. The summed E-state index contributed by atoms with van der Waals surface area (Å²) in [4.78, 5) is 28.1.